The van der Waals surface area contributed by atoms with Gasteiger partial charge in [-0.2, -0.15) is 0 Å². The lowest BCUT2D eigenvalue weighted by atomic mass is 10.3. The molecule has 0 saturated heterocycles. The summed E-state index contributed by atoms with van der Waals surface area (Å²) in [6.45, 7) is 4.95. The molecular formula is C12H16N4S. The Morgan fingerprint density at radius 2 is 2.00 bits per heavy atom. The van der Waals surface area contributed by atoms with Gasteiger partial charge >= 0.3 is 0 Å². The summed E-state index contributed by atoms with van der Waals surface area (Å²) in [6.07, 6.45) is 4.60. The second kappa shape index (κ2) is 5.33. The van der Waals surface area contributed by atoms with Crippen molar-refractivity contribution in [2.75, 3.05) is 7.05 Å². The first kappa shape index (κ1) is 12.1. The van der Waals surface area contributed by atoms with Crippen LogP contribution in [0.25, 0.3) is 10.8 Å². The molecule has 90 valence electrons. The molecule has 0 aliphatic carbocycles. The quantitative estimate of drug-likeness (QED) is 0.901. The topological polar surface area (TPSA) is 50.7 Å². The second-order valence-corrected chi connectivity index (χ2v) is 4.94. The van der Waals surface area contributed by atoms with Gasteiger partial charge in [-0.15, -0.1) is 11.3 Å². The van der Waals surface area contributed by atoms with E-state index in [4.69, 9.17) is 0 Å². The average Bonchev–Trinajstić information content (AvgIpc) is 2.74. The zero-order chi connectivity index (χ0) is 12.3. The van der Waals surface area contributed by atoms with Gasteiger partial charge in [0, 0.05) is 23.8 Å². The van der Waals surface area contributed by atoms with Crippen LogP contribution >= 0.6 is 11.3 Å². The molecule has 0 aromatic carbocycles. The molecule has 5 heteroatoms. The molecule has 0 saturated carbocycles. The Hall–Kier alpha value is -1.33. The van der Waals surface area contributed by atoms with Crippen LogP contribution in [0.4, 0.5) is 0 Å². The summed E-state index contributed by atoms with van der Waals surface area (Å²) in [5, 5.41) is 4.07. The molecule has 0 aliphatic heterocycles. The largest absolute Gasteiger partial charge is 0.315 e. The van der Waals surface area contributed by atoms with Gasteiger partial charge < -0.3 is 5.32 Å². The Morgan fingerprint density at radius 1 is 1.29 bits per heavy atom. The lowest BCUT2D eigenvalue weighted by Crippen LogP contribution is -2.05. The van der Waals surface area contributed by atoms with E-state index in [0.29, 0.717) is 0 Å². The number of rotatable bonds is 4. The monoisotopic (exact) mass is 248 g/mol. The Balaban J connectivity index is 2.35. The Labute approximate surface area is 105 Å². The van der Waals surface area contributed by atoms with Gasteiger partial charge in [-0.25, -0.2) is 15.0 Å². The predicted molar refractivity (Wildman–Crippen MR) is 70.0 cm³/mol. The number of nitrogens with one attached hydrogen (secondary N) is 1. The van der Waals surface area contributed by atoms with Crippen molar-refractivity contribution in [3.63, 3.8) is 0 Å². The van der Waals surface area contributed by atoms with Crippen molar-refractivity contribution in [1.82, 2.24) is 20.3 Å². The minimum atomic E-state index is 0.720. The van der Waals surface area contributed by atoms with Crippen LogP contribution in [0.3, 0.4) is 0 Å². The fourth-order valence-corrected chi connectivity index (χ4v) is 2.67. The number of aromatic nitrogens is 3. The molecule has 2 rings (SSSR count). The molecule has 2 aromatic rings. The smallest absolute Gasteiger partial charge is 0.188 e. The fourth-order valence-electron chi connectivity index (χ4n) is 1.56. The van der Waals surface area contributed by atoms with Crippen molar-refractivity contribution >= 4 is 11.3 Å². The number of aryl methyl sites for hydroxylation is 2. The van der Waals surface area contributed by atoms with Crippen molar-refractivity contribution < 1.29 is 0 Å². The maximum absolute atomic E-state index is 4.60. The van der Waals surface area contributed by atoms with Gasteiger partial charge in [0.15, 0.2) is 10.8 Å². The normalized spacial score (nSPS) is 10.8. The Morgan fingerprint density at radius 3 is 2.59 bits per heavy atom. The third-order valence-corrected chi connectivity index (χ3v) is 3.52. The highest BCUT2D eigenvalue weighted by Crippen LogP contribution is 2.25. The van der Waals surface area contributed by atoms with Gasteiger partial charge in [0.2, 0.25) is 0 Å². The van der Waals surface area contributed by atoms with E-state index in [1.807, 2.05) is 26.4 Å². The maximum Gasteiger partial charge on any atom is 0.188 e. The van der Waals surface area contributed by atoms with E-state index in [1.165, 1.54) is 4.88 Å². The summed E-state index contributed by atoms with van der Waals surface area (Å²) >= 11 is 1.67. The molecule has 0 radical (unpaired) electrons. The predicted octanol–water partition coefficient (Wildman–Crippen LogP) is 2.19. The molecule has 4 nitrogen and oxygen atoms in total. The van der Waals surface area contributed by atoms with E-state index in [1.54, 1.807) is 11.3 Å². The lowest BCUT2D eigenvalue weighted by molar-refractivity contribution is 0.814. The third-order valence-electron chi connectivity index (χ3n) is 2.42. The van der Waals surface area contributed by atoms with Crippen molar-refractivity contribution in [2.24, 2.45) is 0 Å². The van der Waals surface area contributed by atoms with Crippen molar-refractivity contribution in [3.05, 3.63) is 28.5 Å². The summed E-state index contributed by atoms with van der Waals surface area (Å²) in [5.74, 6) is 0.720. The van der Waals surface area contributed by atoms with Crippen LogP contribution in [-0.4, -0.2) is 22.0 Å². The fraction of sp³-hybridized carbons (Fsp3) is 0.417. The van der Waals surface area contributed by atoms with E-state index in [0.717, 1.165) is 35.1 Å². The molecule has 0 fully saturated rings. The van der Waals surface area contributed by atoms with Gasteiger partial charge in [-0.1, -0.05) is 6.92 Å². The molecule has 1 N–H and O–H groups in total. The van der Waals surface area contributed by atoms with E-state index < -0.39 is 0 Å². The molecule has 2 heterocycles. The van der Waals surface area contributed by atoms with E-state index in [-0.39, 0.29) is 0 Å². The average molecular weight is 248 g/mol. The minimum absolute atomic E-state index is 0.720. The van der Waals surface area contributed by atoms with Crippen LogP contribution in [0.2, 0.25) is 0 Å². The number of hydrogen-bond donors (Lipinski definition) is 1. The van der Waals surface area contributed by atoms with Crippen LogP contribution in [0.1, 0.15) is 23.1 Å². The summed E-state index contributed by atoms with van der Waals surface area (Å²) in [5.41, 5.74) is 2.21. The van der Waals surface area contributed by atoms with E-state index in [9.17, 15) is 0 Å². The first-order chi connectivity index (χ1) is 8.24. The zero-order valence-corrected chi connectivity index (χ0v) is 11.1. The van der Waals surface area contributed by atoms with Crippen LogP contribution < -0.4 is 5.32 Å². The van der Waals surface area contributed by atoms with E-state index in [2.05, 4.69) is 27.2 Å². The summed E-state index contributed by atoms with van der Waals surface area (Å²) < 4.78 is 0. The standard InChI is InChI=1S/C12H16N4S/c1-4-9-10(7-13-3)17-12(16-9)11-14-5-8(2)6-15-11/h5-6,13H,4,7H2,1-3H3. The molecule has 17 heavy (non-hydrogen) atoms. The van der Waals surface area contributed by atoms with Gasteiger partial charge in [0.25, 0.3) is 0 Å². The molecule has 0 amide bonds. The third kappa shape index (κ3) is 2.68. The van der Waals surface area contributed by atoms with Crippen molar-refractivity contribution in [1.29, 1.82) is 0 Å². The SMILES string of the molecule is CCc1nc(-c2ncc(C)cn2)sc1CNC. The van der Waals surface area contributed by atoms with Crippen LogP contribution in [-0.2, 0) is 13.0 Å². The van der Waals surface area contributed by atoms with Gasteiger partial charge in [-0.3, -0.25) is 0 Å². The molecule has 0 bridgehead atoms. The first-order valence-electron chi connectivity index (χ1n) is 5.66. The van der Waals surface area contributed by atoms with Gasteiger partial charge in [-0.05, 0) is 26.0 Å². The number of nitrogens with zero attached hydrogens (tertiary/aromatic N) is 3. The summed E-state index contributed by atoms with van der Waals surface area (Å²) in [6, 6.07) is 0. The highest BCUT2D eigenvalue weighted by atomic mass is 32.1. The highest BCUT2D eigenvalue weighted by molar-refractivity contribution is 7.15. The number of thiazole rings is 1. The highest BCUT2D eigenvalue weighted by Gasteiger charge is 2.12. The van der Waals surface area contributed by atoms with E-state index >= 15 is 0 Å². The molecule has 0 spiro atoms. The van der Waals surface area contributed by atoms with Crippen LogP contribution in [0, 0.1) is 6.92 Å². The Bertz CT molecular complexity index is 490. The van der Waals surface area contributed by atoms with Crippen LogP contribution in [0.5, 0.6) is 0 Å². The van der Waals surface area contributed by atoms with Gasteiger partial charge in [0.05, 0.1) is 5.69 Å². The molecule has 0 atom stereocenters. The second-order valence-electron chi connectivity index (χ2n) is 3.86. The lowest BCUT2D eigenvalue weighted by Gasteiger charge is -1.96. The van der Waals surface area contributed by atoms with Crippen LogP contribution in [0.15, 0.2) is 12.4 Å². The molecular weight excluding hydrogens is 232 g/mol. The number of hydrogen-bond acceptors (Lipinski definition) is 5. The summed E-state index contributed by atoms with van der Waals surface area (Å²) in [7, 11) is 1.95. The molecule has 0 aliphatic rings. The Kier molecular flexibility index (Phi) is 3.81. The minimum Gasteiger partial charge on any atom is -0.315 e. The summed E-state index contributed by atoms with van der Waals surface area (Å²) in [4.78, 5) is 14.5. The maximum atomic E-state index is 4.60. The zero-order valence-electron chi connectivity index (χ0n) is 10.3. The molecule has 0 unspecified atom stereocenters. The van der Waals surface area contributed by atoms with Crippen molar-refractivity contribution in [3.8, 4) is 10.8 Å². The molecule has 2 aromatic heterocycles. The van der Waals surface area contributed by atoms with Crippen molar-refractivity contribution in [2.45, 2.75) is 26.8 Å². The first-order valence-corrected chi connectivity index (χ1v) is 6.48. The van der Waals surface area contributed by atoms with Gasteiger partial charge in [0.1, 0.15) is 0 Å².